The van der Waals surface area contributed by atoms with Crippen LogP contribution >= 0.6 is 15.9 Å². The van der Waals surface area contributed by atoms with Crippen molar-refractivity contribution in [3.63, 3.8) is 0 Å². The van der Waals surface area contributed by atoms with E-state index in [1.54, 1.807) is 4.68 Å². The molecular formula is C20H16BrN4O2+. The number of rotatable bonds is 4. The Kier molecular flexibility index (Phi) is 4.37. The molecule has 0 saturated carbocycles. The van der Waals surface area contributed by atoms with Gasteiger partial charge >= 0.3 is 0 Å². The number of fused-ring (bicyclic) bond motifs is 1. The molecule has 0 aliphatic heterocycles. The van der Waals surface area contributed by atoms with E-state index in [0.29, 0.717) is 28.2 Å². The van der Waals surface area contributed by atoms with E-state index in [9.17, 15) is 4.79 Å². The van der Waals surface area contributed by atoms with E-state index in [0.717, 1.165) is 10.2 Å². The molecule has 0 saturated heterocycles. The van der Waals surface area contributed by atoms with E-state index < -0.39 is 5.91 Å². The quantitative estimate of drug-likeness (QED) is 0.510. The van der Waals surface area contributed by atoms with Crippen LogP contribution in [0.3, 0.4) is 0 Å². The lowest BCUT2D eigenvalue weighted by Crippen LogP contribution is -2.31. The monoisotopic (exact) mass is 423 g/mol. The van der Waals surface area contributed by atoms with Gasteiger partial charge in [0.05, 0.1) is 10.2 Å². The number of ether oxygens (including phenoxy) is 1. The van der Waals surface area contributed by atoms with Gasteiger partial charge in [-0.1, -0.05) is 18.2 Å². The first-order chi connectivity index (χ1) is 13.0. The number of nitrogens with two attached hydrogens (primary N) is 1. The number of benzene rings is 2. The molecule has 0 aliphatic carbocycles. The minimum Gasteiger partial charge on any atom is -0.457 e. The predicted molar refractivity (Wildman–Crippen MR) is 105 cm³/mol. The summed E-state index contributed by atoms with van der Waals surface area (Å²) in [7, 11) is 1.85. The third kappa shape index (κ3) is 3.17. The fraction of sp³-hybridized carbons (Fsp3) is 0.0500. The first-order valence-electron chi connectivity index (χ1n) is 8.24. The Morgan fingerprint density at radius 1 is 1.07 bits per heavy atom. The lowest BCUT2D eigenvalue weighted by Gasteiger charge is -2.07. The van der Waals surface area contributed by atoms with Crippen molar-refractivity contribution in [3.05, 3.63) is 77.0 Å². The molecule has 7 heteroatoms. The van der Waals surface area contributed by atoms with Crippen LogP contribution in [-0.4, -0.2) is 15.7 Å². The fourth-order valence-corrected chi connectivity index (χ4v) is 3.31. The van der Waals surface area contributed by atoms with Crippen LogP contribution < -0.4 is 15.0 Å². The summed E-state index contributed by atoms with van der Waals surface area (Å²) in [6.07, 6.45) is 1.85. The number of pyridine rings is 1. The fourth-order valence-electron chi connectivity index (χ4n) is 2.92. The molecule has 0 aliphatic rings. The van der Waals surface area contributed by atoms with E-state index in [4.69, 9.17) is 10.5 Å². The number of carbonyl (C=O) groups is 1. The second-order valence-corrected chi connectivity index (χ2v) is 6.86. The van der Waals surface area contributed by atoms with Crippen molar-refractivity contribution in [3.8, 4) is 17.2 Å². The first kappa shape index (κ1) is 17.2. The van der Waals surface area contributed by atoms with Crippen LogP contribution in [-0.2, 0) is 7.05 Å². The number of carbonyl (C=O) groups excluding carboxylic acids is 1. The van der Waals surface area contributed by atoms with E-state index >= 15 is 0 Å². The van der Waals surface area contributed by atoms with E-state index in [-0.39, 0.29) is 0 Å². The van der Waals surface area contributed by atoms with Crippen LogP contribution in [0.25, 0.3) is 16.7 Å². The summed E-state index contributed by atoms with van der Waals surface area (Å²) in [6, 6.07) is 18.7. The largest absolute Gasteiger partial charge is 0.457 e. The Morgan fingerprint density at radius 2 is 1.74 bits per heavy atom. The summed E-state index contributed by atoms with van der Waals surface area (Å²) in [5.41, 5.74) is 8.03. The number of hydrogen-bond acceptors (Lipinski definition) is 3. The lowest BCUT2D eigenvalue weighted by atomic mass is 10.2. The molecule has 0 spiro atoms. The number of amides is 1. The minimum absolute atomic E-state index is 0.325. The Morgan fingerprint density at radius 3 is 2.41 bits per heavy atom. The highest BCUT2D eigenvalue weighted by Gasteiger charge is 2.26. The Bertz CT molecular complexity index is 1140. The Hall–Kier alpha value is -3.19. The summed E-state index contributed by atoms with van der Waals surface area (Å²) in [6.45, 7) is 0. The third-order valence-corrected chi connectivity index (χ3v) is 4.82. The normalized spacial score (nSPS) is 10.9. The predicted octanol–water partition coefficient (Wildman–Crippen LogP) is 3.50. The number of aryl methyl sites for hydroxylation is 1. The first-order valence-corrected chi connectivity index (χ1v) is 9.04. The molecule has 0 fully saturated rings. The van der Waals surface area contributed by atoms with Gasteiger partial charge in [0.15, 0.2) is 11.7 Å². The highest BCUT2D eigenvalue weighted by atomic mass is 79.9. The lowest BCUT2D eigenvalue weighted by molar-refractivity contribution is -0.645. The number of halogens is 1. The second-order valence-electron chi connectivity index (χ2n) is 6.01. The van der Waals surface area contributed by atoms with Crippen LogP contribution in [0.2, 0.25) is 0 Å². The zero-order chi connectivity index (χ0) is 19.0. The molecule has 27 heavy (non-hydrogen) atoms. The molecule has 1 amide bonds. The van der Waals surface area contributed by atoms with Crippen molar-refractivity contribution in [1.82, 2.24) is 9.78 Å². The van der Waals surface area contributed by atoms with Gasteiger partial charge in [-0.2, -0.15) is 9.67 Å². The smallest absolute Gasteiger partial charge is 0.274 e. The molecule has 2 aromatic carbocycles. The van der Waals surface area contributed by atoms with Crippen molar-refractivity contribution in [2.75, 3.05) is 0 Å². The Balaban J connectivity index is 1.78. The molecule has 0 bridgehead atoms. The number of para-hydroxylation sites is 1. The zero-order valence-corrected chi connectivity index (χ0v) is 16.1. The number of hydrogen-bond donors (Lipinski definition) is 1. The molecule has 0 unspecified atom stereocenters. The molecule has 0 atom stereocenters. The van der Waals surface area contributed by atoms with Gasteiger partial charge in [0.25, 0.3) is 11.4 Å². The number of aromatic nitrogens is 3. The molecule has 2 heterocycles. The van der Waals surface area contributed by atoms with E-state index in [1.165, 1.54) is 0 Å². The highest BCUT2D eigenvalue weighted by Crippen LogP contribution is 2.27. The maximum absolute atomic E-state index is 12.1. The summed E-state index contributed by atoms with van der Waals surface area (Å²) >= 11 is 3.49. The van der Waals surface area contributed by atoms with Crippen LogP contribution in [0.5, 0.6) is 11.5 Å². The van der Waals surface area contributed by atoms with Crippen LogP contribution in [0.1, 0.15) is 10.5 Å². The average Bonchev–Trinajstić information content (AvgIpc) is 3.08. The van der Waals surface area contributed by atoms with Gasteiger partial charge < -0.3 is 10.5 Å². The summed E-state index contributed by atoms with van der Waals surface area (Å²) in [5.74, 6) is 0.897. The molecule has 6 nitrogen and oxygen atoms in total. The SMILES string of the molecule is C[n+]1ccc(Br)c2nn(-c3ccc(Oc4ccccc4)cc3)c(C(N)=O)c21. The average molecular weight is 424 g/mol. The van der Waals surface area contributed by atoms with Crippen LogP contribution in [0, 0.1) is 0 Å². The second kappa shape index (κ2) is 6.85. The van der Waals surface area contributed by atoms with Gasteiger partial charge in [-0.05, 0) is 52.3 Å². The topological polar surface area (TPSA) is 74.0 Å². The van der Waals surface area contributed by atoms with Gasteiger partial charge in [-0.3, -0.25) is 4.79 Å². The molecule has 4 aromatic rings. The maximum Gasteiger partial charge on any atom is 0.274 e. The summed E-state index contributed by atoms with van der Waals surface area (Å²) in [5, 5.41) is 4.59. The van der Waals surface area contributed by atoms with E-state index in [2.05, 4.69) is 21.0 Å². The standard InChI is InChI=1S/C20H15BrN4O2/c1-24-12-11-16(21)17-18(24)19(20(22)26)25(23-17)13-7-9-15(10-8-13)27-14-5-3-2-4-6-14/h2-12H,1H3,(H-,22,26)/p+1. The van der Waals surface area contributed by atoms with Gasteiger partial charge in [-0.15, -0.1) is 0 Å². The molecular weight excluding hydrogens is 408 g/mol. The molecule has 134 valence electrons. The highest BCUT2D eigenvalue weighted by molar-refractivity contribution is 9.10. The van der Waals surface area contributed by atoms with Crippen molar-refractivity contribution >= 4 is 32.9 Å². The van der Waals surface area contributed by atoms with Crippen molar-refractivity contribution < 1.29 is 14.1 Å². The zero-order valence-electron chi connectivity index (χ0n) is 14.5. The van der Waals surface area contributed by atoms with E-state index in [1.807, 2.05) is 78.5 Å². The van der Waals surface area contributed by atoms with Gasteiger partial charge in [-0.25, -0.2) is 4.68 Å². The van der Waals surface area contributed by atoms with Crippen molar-refractivity contribution in [2.24, 2.45) is 12.8 Å². The molecule has 2 N–H and O–H groups in total. The maximum atomic E-state index is 12.1. The molecule has 0 radical (unpaired) electrons. The molecule has 4 rings (SSSR count). The van der Waals surface area contributed by atoms with Gasteiger partial charge in [0.1, 0.15) is 18.5 Å². The number of primary amides is 1. The van der Waals surface area contributed by atoms with Crippen LogP contribution in [0.15, 0.2) is 71.3 Å². The third-order valence-electron chi connectivity index (χ3n) is 4.18. The van der Waals surface area contributed by atoms with Crippen molar-refractivity contribution in [2.45, 2.75) is 0 Å². The van der Waals surface area contributed by atoms with Crippen molar-refractivity contribution in [1.29, 1.82) is 0 Å². The summed E-state index contributed by atoms with van der Waals surface area (Å²) in [4.78, 5) is 12.1. The van der Waals surface area contributed by atoms with Gasteiger partial charge in [0.2, 0.25) is 5.69 Å². The Labute approximate surface area is 163 Å². The van der Waals surface area contributed by atoms with Crippen LogP contribution in [0.4, 0.5) is 0 Å². The van der Waals surface area contributed by atoms with Gasteiger partial charge in [0, 0.05) is 6.07 Å². The summed E-state index contributed by atoms with van der Waals surface area (Å²) < 4.78 is 9.99. The minimum atomic E-state index is -0.546. The molecule has 2 aromatic heterocycles. The number of nitrogens with zero attached hydrogens (tertiary/aromatic N) is 3.